The van der Waals surface area contributed by atoms with Gasteiger partial charge in [0.05, 0.1) is 23.6 Å². The molecule has 2 aromatic carbocycles. The van der Waals surface area contributed by atoms with Crippen molar-refractivity contribution in [2.24, 2.45) is 5.10 Å². The molecule has 132 valence electrons. The number of nitrogens with zero attached hydrogens (tertiary/aromatic N) is 2. The molecular formula is C20H18N2O4. The SMILES string of the molecule is CCOc1ccc(C=C2C(=O)N(c3ccccc3)N=C2C)cc1C(=O)O. The van der Waals surface area contributed by atoms with Gasteiger partial charge in [-0.05, 0) is 49.8 Å². The van der Waals surface area contributed by atoms with E-state index in [0.29, 0.717) is 34.9 Å². The van der Waals surface area contributed by atoms with Gasteiger partial charge in [-0.15, -0.1) is 0 Å². The molecule has 2 aromatic rings. The second-order valence-electron chi connectivity index (χ2n) is 5.69. The largest absolute Gasteiger partial charge is 0.493 e. The van der Waals surface area contributed by atoms with Crippen molar-refractivity contribution in [3.63, 3.8) is 0 Å². The minimum absolute atomic E-state index is 0.0566. The highest BCUT2D eigenvalue weighted by molar-refractivity contribution is 6.32. The Hall–Kier alpha value is -3.41. The minimum Gasteiger partial charge on any atom is -0.493 e. The Bertz CT molecular complexity index is 917. The molecule has 0 unspecified atom stereocenters. The lowest BCUT2D eigenvalue weighted by atomic mass is 10.0. The van der Waals surface area contributed by atoms with Gasteiger partial charge in [-0.3, -0.25) is 4.79 Å². The summed E-state index contributed by atoms with van der Waals surface area (Å²) in [6.07, 6.45) is 1.65. The monoisotopic (exact) mass is 350 g/mol. The molecule has 0 spiro atoms. The summed E-state index contributed by atoms with van der Waals surface area (Å²) in [6, 6.07) is 13.9. The van der Waals surface area contributed by atoms with Gasteiger partial charge in [0, 0.05) is 0 Å². The summed E-state index contributed by atoms with van der Waals surface area (Å²) in [6.45, 7) is 3.91. The van der Waals surface area contributed by atoms with Gasteiger partial charge in [0.25, 0.3) is 5.91 Å². The van der Waals surface area contributed by atoms with Crippen molar-refractivity contribution >= 4 is 29.4 Å². The summed E-state index contributed by atoms with van der Waals surface area (Å²) in [5.41, 5.74) is 2.33. The fourth-order valence-electron chi connectivity index (χ4n) is 2.68. The number of hydrogen-bond acceptors (Lipinski definition) is 4. The van der Waals surface area contributed by atoms with Crippen molar-refractivity contribution in [1.29, 1.82) is 0 Å². The van der Waals surface area contributed by atoms with E-state index in [1.54, 1.807) is 44.2 Å². The Morgan fingerprint density at radius 2 is 1.96 bits per heavy atom. The van der Waals surface area contributed by atoms with Gasteiger partial charge < -0.3 is 9.84 Å². The molecule has 0 fully saturated rings. The van der Waals surface area contributed by atoms with E-state index in [4.69, 9.17) is 4.74 Å². The third-order valence-electron chi connectivity index (χ3n) is 3.91. The molecule has 1 aliphatic rings. The molecule has 1 N–H and O–H groups in total. The normalized spacial score (nSPS) is 15.3. The minimum atomic E-state index is -1.08. The van der Waals surface area contributed by atoms with Crippen molar-refractivity contribution in [2.75, 3.05) is 11.6 Å². The highest BCUT2D eigenvalue weighted by Gasteiger charge is 2.28. The Labute approximate surface area is 151 Å². The fraction of sp³-hybridized carbons (Fsp3) is 0.150. The first-order valence-electron chi connectivity index (χ1n) is 8.18. The summed E-state index contributed by atoms with van der Waals surface area (Å²) in [7, 11) is 0. The van der Waals surface area contributed by atoms with Crippen LogP contribution in [0.25, 0.3) is 6.08 Å². The summed E-state index contributed by atoms with van der Waals surface area (Å²) >= 11 is 0. The lowest BCUT2D eigenvalue weighted by Crippen LogP contribution is -2.21. The maximum Gasteiger partial charge on any atom is 0.339 e. The first-order chi connectivity index (χ1) is 12.5. The molecule has 26 heavy (non-hydrogen) atoms. The zero-order valence-electron chi connectivity index (χ0n) is 14.5. The molecule has 1 heterocycles. The number of hydrazone groups is 1. The lowest BCUT2D eigenvalue weighted by Gasteiger charge is -2.11. The van der Waals surface area contributed by atoms with Crippen LogP contribution in [0, 0.1) is 0 Å². The maximum atomic E-state index is 12.7. The van der Waals surface area contributed by atoms with Gasteiger partial charge in [-0.25, -0.2) is 4.79 Å². The van der Waals surface area contributed by atoms with Crippen LogP contribution in [0.15, 0.2) is 59.2 Å². The van der Waals surface area contributed by atoms with Gasteiger partial charge >= 0.3 is 5.97 Å². The van der Waals surface area contributed by atoms with Gasteiger partial charge in [-0.2, -0.15) is 10.1 Å². The third-order valence-corrected chi connectivity index (χ3v) is 3.91. The van der Waals surface area contributed by atoms with Crippen molar-refractivity contribution in [3.8, 4) is 5.75 Å². The van der Waals surface area contributed by atoms with E-state index >= 15 is 0 Å². The maximum absolute atomic E-state index is 12.7. The molecule has 0 saturated heterocycles. The van der Waals surface area contributed by atoms with E-state index in [1.807, 2.05) is 18.2 Å². The number of anilines is 1. The zero-order valence-corrected chi connectivity index (χ0v) is 14.5. The number of carbonyl (C=O) groups excluding carboxylic acids is 1. The number of hydrogen-bond donors (Lipinski definition) is 1. The molecule has 0 radical (unpaired) electrons. The highest BCUT2D eigenvalue weighted by atomic mass is 16.5. The van der Waals surface area contributed by atoms with Crippen LogP contribution in [0.4, 0.5) is 5.69 Å². The number of carboxylic acid groups (broad SMARTS) is 1. The topological polar surface area (TPSA) is 79.2 Å². The standard InChI is InChI=1S/C20H18N2O4/c1-3-26-18-10-9-14(12-17(18)20(24)25)11-16-13(2)21-22(19(16)23)15-7-5-4-6-8-15/h4-12H,3H2,1-2H3,(H,24,25). The molecule has 1 aliphatic heterocycles. The molecule has 0 atom stereocenters. The van der Waals surface area contributed by atoms with Gasteiger partial charge in [0.2, 0.25) is 0 Å². The number of amides is 1. The predicted octanol–water partition coefficient (Wildman–Crippen LogP) is 3.59. The number of rotatable bonds is 5. The number of benzene rings is 2. The number of para-hydroxylation sites is 1. The lowest BCUT2D eigenvalue weighted by molar-refractivity contribution is -0.114. The van der Waals surface area contributed by atoms with Crippen LogP contribution in [0.2, 0.25) is 0 Å². The van der Waals surface area contributed by atoms with Crippen LogP contribution < -0.4 is 9.75 Å². The van der Waals surface area contributed by atoms with Crippen molar-refractivity contribution in [2.45, 2.75) is 13.8 Å². The van der Waals surface area contributed by atoms with Crippen molar-refractivity contribution in [3.05, 3.63) is 65.2 Å². The first kappa shape index (κ1) is 17.4. The smallest absolute Gasteiger partial charge is 0.339 e. The molecule has 0 saturated carbocycles. The number of aromatic carboxylic acids is 1. The number of carbonyl (C=O) groups is 2. The average Bonchev–Trinajstić information content (AvgIpc) is 2.92. The zero-order chi connectivity index (χ0) is 18.7. The molecule has 6 nitrogen and oxygen atoms in total. The predicted molar refractivity (Wildman–Crippen MR) is 99.6 cm³/mol. The third kappa shape index (κ3) is 3.35. The van der Waals surface area contributed by atoms with Crippen molar-refractivity contribution in [1.82, 2.24) is 0 Å². The summed E-state index contributed by atoms with van der Waals surface area (Å²) < 4.78 is 5.34. The molecule has 0 aromatic heterocycles. The van der Waals surface area contributed by atoms with E-state index in [2.05, 4.69) is 5.10 Å². The first-order valence-corrected chi connectivity index (χ1v) is 8.18. The summed E-state index contributed by atoms with van der Waals surface area (Å²) in [4.78, 5) is 24.2. The van der Waals surface area contributed by atoms with E-state index < -0.39 is 5.97 Å². The Kier molecular flexibility index (Phi) is 4.84. The highest BCUT2D eigenvalue weighted by Crippen LogP contribution is 2.26. The molecule has 1 amide bonds. The van der Waals surface area contributed by atoms with Crippen LogP contribution in [0.1, 0.15) is 29.8 Å². The van der Waals surface area contributed by atoms with E-state index in [1.165, 1.54) is 11.1 Å². The van der Waals surface area contributed by atoms with Crippen molar-refractivity contribution < 1.29 is 19.4 Å². The molecule has 6 heteroatoms. The quantitative estimate of drug-likeness (QED) is 0.836. The Morgan fingerprint density at radius 1 is 1.23 bits per heavy atom. The average molecular weight is 350 g/mol. The molecule has 0 bridgehead atoms. The Morgan fingerprint density at radius 3 is 2.62 bits per heavy atom. The van der Waals surface area contributed by atoms with Gasteiger partial charge in [-0.1, -0.05) is 24.3 Å². The van der Waals surface area contributed by atoms with Crippen LogP contribution in [0.5, 0.6) is 5.75 Å². The van der Waals surface area contributed by atoms with Crippen LogP contribution >= 0.6 is 0 Å². The van der Waals surface area contributed by atoms with Crippen LogP contribution in [-0.2, 0) is 4.79 Å². The molecule has 3 rings (SSSR count). The second-order valence-corrected chi connectivity index (χ2v) is 5.69. The fourth-order valence-corrected chi connectivity index (χ4v) is 2.68. The van der Waals surface area contributed by atoms with Crippen LogP contribution in [0.3, 0.4) is 0 Å². The summed E-state index contributed by atoms with van der Waals surface area (Å²) in [5, 5.41) is 15.0. The summed E-state index contributed by atoms with van der Waals surface area (Å²) in [5.74, 6) is -1.03. The van der Waals surface area contributed by atoms with Gasteiger partial charge in [0.1, 0.15) is 11.3 Å². The molecule has 0 aliphatic carbocycles. The van der Waals surface area contributed by atoms with Crippen LogP contribution in [-0.4, -0.2) is 29.3 Å². The number of ether oxygens (including phenoxy) is 1. The molecular weight excluding hydrogens is 332 g/mol. The van der Waals surface area contributed by atoms with Gasteiger partial charge in [0.15, 0.2) is 0 Å². The number of carboxylic acids is 1. The Balaban J connectivity index is 1.95. The van der Waals surface area contributed by atoms with E-state index in [-0.39, 0.29) is 11.5 Å². The second kappa shape index (κ2) is 7.23. The van der Waals surface area contributed by atoms with E-state index in [0.717, 1.165) is 0 Å². The van der Waals surface area contributed by atoms with E-state index in [9.17, 15) is 14.7 Å².